The number of alkyl halides is 3. The molecule has 0 heterocycles. The molecule has 124 valence electrons. The van der Waals surface area contributed by atoms with Crippen LogP contribution in [0.3, 0.4) is 0 Å². The summed E-state index contributed by atoms with van der Waals surface area (Å²) in [7, 11) is 0. The molecule has 0 aliphatic carbocycles. The molecule has 0 bridgehead atoms. The van der Waals surface area contributed by atoms with Gasteiger partial charge in [0.05, 0.1) is 18.1 Å². The smallest absolute Gasteiger partial charge is 0.392 e. The third-order valence-corrected chi connectivity index (χ3v) is 3.09. The molecule has 1 rings (SSSR count). The summed E-state index contributed by atoms with van der Waals surface area (Å²) in [6.07, 6.45) is -6.83. The predicted octanol–water partition coefficient (Wildman–Crippen LogP) is 3.09. The molecule has 0 aromatic heterocycles. The Morgan fingerprint density at radius 2 is 1.73 bits per heavy atom. The van der Waals surface area contributed by atoms with Crippen LogP contribution >= 0.6 is 0 Å². The van der Waals surface area contributed by atoms with E-state index >= 15 is 0 Å². The number of halogens is 5. The minimum absolute atomic E-state index is 0.347. The zero-order valence-corrected chi connectivity index (χ0v) is 11.9. The first-order valence-corrected chi connectivity index (χ1v) is 6.52. The molecular weight excluding hydrogens is 309 g/mol. The molecule has 22 heavy (non-hydrogen) atoms. The summed E-state index contributed by atoms with van der Waals surface area (Å²) in [5.74, 6) is -4.31. The number of benzene rings is 1. The number of carbonyl (C=O) groups excluding carboxylic acids is 1. The van der Waals surface area contributed by atoms with Gasteiger partial charge in [-0.15, -0.1) is 0 Å². The molecule has 0 saturated carbocycles. The molecular formula is C14H16F5NO2. The molecule has 2 atom stereocenters. The molecule has 1 aromatic carbocycles. The largest absolute Gasteiger partial charge is 0.413 e. The van der Waals surface area contributed by atoms with Crippen molar-refractivity contribution in [3.8, 4) is 0 Å². The van der Waals surface area contributed by atoms with Crippen molar-refractivity contribution in [1.29, 1.82) is 0 Å². The van der Waals surface area contributed by atoms with Crippen molar-refractivity contribution in [1.82, 2.24) is 5.32 Å². The summed E-state index contributed by atoms with van der Waals surface area (Å²) in [6, 6.07) is -0.551. The van der Waals surface area contributed by atoms with Crippen molar-refractivity contribution in [2.24, 2.45) is 5.92 Å². The molecule has 0 unspecified atom stereocenters. The summed E-state index contributed by atoms with van der Waals surface area (Å²) < 4.78 is 66.1. The summed E-state index contributed by atoms with van der Waals surface area (Å²) in [5.41, 5.74) is -1.28. The third kappa shape index (κ3) is 4.66. The van der Waals surface area contributed by atoms with Crippen LogP contribution in [0, 0.1) is 17.6 Å². The van der Waals surface area contributed by atoms with Crippen LogP contribution in [0.4, 0.5) is 22.0 Å². The minimum Gasteiger partial charge on any atom is -0.392 e. The Labute approximate surface area is 124 Å². The summed E-state index contributed by atoms with van der Waals surface area (Å²) in [4.78, 5) is 11.6. The van der Waals surface area contributed by atoms with E-state index in [9.17, 15) is 31.9 Å². The van der Waals surface area contributed by atoms with Crippen LogP contribution in [0.5, 0.6) is 0 Å². The quantitative estimate of drug-likeness (QED) is 0.818. The van der Waals surface area contributed by atoms with Gasteiger partial charge >= 0.3 is 6.18 Å². The van der Waals surface area contributed by atoms with Gasteiger partial charge in [0, 0.05) is 0 Å². The second-order valence-corrected chi connectivity index (χ2v) is 5.19. The Morgan fingerprint density at radius 1 is 1.23 bits per heavy atom. The average molecular weight is 325 g/mol. The molecule has 0 saturated heterocycles. The van der Waals surface area contributed by atoms with Gasteiger partial charge in [0.15, 0.2) is 6.04 Å². The number of hydrogen-bond donors (Lipinski definition) is 2. The maximum Gasteiger partial charge on any atom is 0.413 e. The predicted molar refractivity (Wildman–Crippen MR) is 68.8 cm³/mol. The highest BCUT2D eigenvalue weighted by molar-refractivity contribution is 5.77. The van der Waals surface area contributed by atoms with Crippen LogP contribution in [0.2, 0.25) is 0 Å². The first-order chi connectivity index (χ1) is 10.0. The van der Waals surface area contributed by atoms with Gasteiger partial charge in [0.1, 0.15) is 11.6 Å². The maximum atomic E-state index is 13.5. The van der Waals surface area contributed by atoms with Gasteiger partial charge in [0.25, 0.3) is 0 Å². The van der Waals surface area contributed by atoms with E-state index in [1.807, 2.05) is 0 Å². The first-order valence-electron chi connectivity index (χ1n) is 6.52. The topological polar surface area (TPSA) is 49.3 Å². The van der Waals surface area contributed by atoms with E-state index in [4.69, 9.17) is 0 Å². The molecule has 0 radical (unpaired) electrons. The lowest BCUT2D eigenvalue weighted by Crippen LogP contribution is -2.40. The second-order valence-electron chi connectivity index (χ2n) is 5.19. The second kappa shape index (κ2) is 7.04. The van der Waals surface area contributed by atoms with E-state index in [0.717, 1.165) is 6.07 Å². The Balaban J connectivity index is 3.04. The summed E-state index contributed by atoms with van der Waals surface area (Å²) in [6.45, 7) is 3.16. The number of nitrogens with one attached hydrogen (secondary N) is 1. The minimum atomic E-state index is -5.08. The van der Waals surface area contributed by atoms with Gasteiger partial charge in [-0.3, -0.25) is 4.79 Å². The maximum absolute atomic E-state index is 13.5. The van der Waals surface area contributed by atoms with Crippen molar-refractivity contribution in [3.05, 3.63) is 35.4 Å². The Kier molecular flexibility index (Phi) is 5.87. The Hall–Kier alpha value is -1.70. The molecule has 0 aliphatic rings. The van der Waals surface area contributed by atoms with Gasteiger partial charge in [-0.2, -0.15) is 13.2 Å². The van der Waals surface area contributed by atoms with Gasteiger partial charge in [-0.05, 0) is 18.1 Å². The standard InChI is InChI=1S/C14H16F5NO2/c1-7(2)10(21)6-11(22)20-13(14(17,18)19)12-8(15)4-3-5-9(12)16/h3-5,7,10,13,21H,6H2,1-2H3,(H,20,22)/t10-,13+/m1/s1. The first kappa shape index (κ1) is 18.3. The fourth-order valence-corrected chi connectivity index (χ4v) is 1.75. The van der Waals surface area contributed by atoms with Crippen LogP contribution in [0.1, 0.15) is 31.9 Å². The zero-order valence-electron chi connectivity index (χ0n) is 11.9. The van der Waals surface area contributed by atoms with E-state index in [0.29, 0.717) is 12.1 Å². The van der Waals surface area contributed by atoms with Crippen molar-refractivity contribution in [2.45, 2.75) is 38.6 Å². The molecule has 8 heteroatoms. The number of hydrogen-bond acceptors (Lipinski definition) is 2. The van der Waals surface area contributed by atoms with Crippen LogP contribution in [0.15, 0.2) is 18.2 Å². The third-order valence-electron chi connectivity index (χ3n) is 3.09. The number of carbonyl (C=O) groups is 1. The van der Waals surface area contributed by atoms with E-state index in [-0.39, 0.29) is 5.92 Å². The van der Waals surface area contributed by atoms with Crippen molar-refractivity contribution < 1.29 is 31.9 Å². The lowest BCUT2D eigenvalue weighted by molar-refractivity contribution is -0.165. The van der Waals surface area contributed by atoms with E-state index in [1.54, 1.807) is 13.8 Å². The zero-order chi connectivity index (χ0) is 17.1. The van der Waals surface area contributed by atoms with Crippen LogP contribution in [0.25, 0.3) is 0 Å². The molecule has 1 aromatic rings. The van der Waals surface area contributed by atoms with Crippen molar-refractivity contribution in [2.75, 3.05) is 0 Å². The molecule has 1 amide bonds. The molecule has 0 spiro atoms. The fourth-order valence-electron chi connectivity index (χ4n) is 1.75. The lowest BCUT2D eigenvalue weighted by atomic mass is 10.0. The monoisotopic (exact) mass is 325 g/mol. The van der Waals surface area contributed by atoms with E-state index in [1.165, 1.54) is 5.32 Å². The Morgan fingerprint density at radius 3 is 2.14 bits per heavy atom. The average Bonchev–Trinajstić information content (AvgIpc) is 2.35. The molecule has 2 N–H and O–H groups in total. The number of rotatable bonds is 5. The molecule has 3 nitrogen and oxygen atoms in total. The van der Waals surface area contributed by atoms with Crippen molar-refractivity contribution >= 4 is 5.91 Å². The summed E-state index contributed by atoms with van der Waals surface area (Å²) in [5, 5.41) is 11.0. The number of aliphatic hydroxyl groups is 1. The van der Waals surface area contributed by atoms with Gasteiger partial charge in [-0.25, -0.2) is 8.78 Å². The van der Waals surface area contributed by atoms with Crippen molar-refractivity contribution in [3.63, 3.8) is 0 Å². The highest BCUT2D eigenvalue weighted by atomic mass is 19.4. The van der Waals surface area contributed by atoms with Gasteiger partial charge in [0.2, 0.25) is 5.91 Å². The summed E-state index contributed by atoms with van der Waals surface area (Å²) >= 11 is 0. The SMILES string of the molecule is CC(C)[C@H](O)CC(=O)N[C@@H](c1c(F)cccc1F)C(F)(F)F. The van der Waals surface area contributed by atoms with E-state index < -0.39 is 47.8 Å². The molecule has 0 fully saturated rings. The van der Waals surface area contributed by atoms with E-state index in [2.05, 4.69) is 0 Å². The molecule has 0 aliphatic heterocycles. The number of amides is 1. The van der Waals surface area contributed by atoms with Gasteiger partial charge in [-0.1, -0.05) is 19.9 Å². The highest BCUT2D eigenvalue weighted by Crippen LogP contribution is 2.35. The van der Waals surface area contributed by atoms with Gasteiger partial charge < -0.3 is 10.4 Å². The van der Waals surface area contributed by atoms with Crippen LogP contribution < -0.4 is 5.32 Å². The normalized spacial score (nSPS) is 14.8. The Bertz CT molecular complexity index is 510. The highest BCUT2D eigenvalue weighted by Gasteiger charge is 2.44. The fraction of sp³-hybridized carbons (Fsp3) is 0.500. The number of aliphatic hydroxyl groups excluding tert-OH is 1. The van der Waals surface area contributed by atoms with Crippen LogP contribution in [-0.2, 0) is 4.79 Å². The van der Waals surface area contributed by atoms with Crippen LogP contribution in [-0.4, -0.2) is 23.3 Å². The lowest BCUT2D eigenvalue weighted by Gasteiger charge is -2.24.